The van der Waals surface area contributed by atoms with Crippen LogP contribution in [0.15, 0.2) is 88.7 Å². The number of aromatic carboxylic acids is 2. The molecular weight excluding hydrogens is 414 g/mol. The molecule has 1 atom stereocenters. The van der Waals surface area contributed by atoms with Crippen molar-refractivity contribution in [2.24, 2.45) is 0 Å². The van der Waals surface area contributed by atoms with E-state index >= 15 is 0 Å². The van der Waals surface area contributed by atoms with Gasteiger partial charge < -0.3 is 24.0 Å². The van der Waals surface area contributed by atoms with Crippen LogP contribution in [0.25, 0.3) is 0 Å². The van der Waals surface area contributed by atoms with Crippen LogP contribution in [-0.4, -0.2) is 47.2 Å². The zero-order valence-electron chi connectivity index (χ0n) is 17.6. The van der Waals surface area contributed by atoms with Crippen LogP contribution in [0.5, 0.6) is 0 Å². The number of carbonyl (C=O) groups is 2. The quantitative estimate of drug-likeness (QED) is 0.470. The van der Waals surface area contributed by atoms with Crippen molar-refractivity contribution in [3.05, 3.63) is 95.6 Å². The molecule has 31 heavy (non-hydrogen) atoms. The Labute approximate surface area is 185 Å². The lowest BCUT2D eigenvalue weighted by Gasteiger charge is -2.23. The number of hydrogen-bond acceptors (Lipinski definition) is 4. The molecule has 0 amide bonds. The van der Waals surface area contributed by atoms with Gasteiger partial charge >= 0.3 is 5.97 Å². The maximum atomic E-state index is 12.5. The van der Waals surface area contributed by atoms with Gasteiger partial charge in [0, 0.05) is 16.7 Å². The van der Waals surface area contributed by atoms with Crippen LogP contribution in [0.1, 0.15) is 26.3 Å². The van der Waals surface area contributed by atoms with Crippen LogP contribution < -0.4 is 5.11 Å². The Morgan fingerprint density at radius 1 is 0.806 bits per heavy atom. The van der Waals surface area contributed by atoms with Gasteiger partial charge in [-0.05, 0) is 24.3 Å². The van der Waals surface area contributed by atoms with E-state index in [2.05, 4.69) is 51.5 Å². The van der Waals surface area contributed by atoms with Crippen molar-refractivity contribution in [2.45, 2.75) is 16.3 Å². The summed E-state index contributed by atoms with van der Waals surface area (Å²) in [7, 11) is 6.60. The highest BCUT2D eigenvalue weighted by Crippen LogP contribution is 2.26. The van der Waals surface area contributed by atoms with Crippen molar-refractivity contribution in [2.75, 3.05) is 21.1 Å². The number of quaternary nitrogens is 1. The fourth-order valence-electron chi connectivity index (χ4n) is 2.85. The largest absolute Gasteiger partial charge is 0.606 e. The van der Waals surface area contributed by atoms with E-state index in [1.807, 2.05) is 0 Å². The van der Waals surface area contributed by atoms with E-state index in [-0.39, 0.29) is 20.9 Å². The van der Waals surface area contributed by atoms with Gasteiger partial charge in [0.05, 0.1) is 32.7 Å². The number of hydrogen-bond donors (Lipinski definition) is 1. The molecule has 0 fully saturated rings. The van der Waals surface area contributed by atoms with E-state index in [1.54, 1.807) is 6.07 Å². The molecule has 0 spiro atoms. The second-order valence-electron chi connectivity index (χ2n) is 7.79. The second-order valence-corrected chi connectivity index (χ2v) is 9.20. The van der Waals surface area contributed by atoms with Crippen molar-refractivity contribution in [1.29, 1.82) is 0 Å². The van der Waals surface area contributed by atoms with Crippen molar-refractivity contribution in [1.82, 2.24) is 0 Å². The average Bonchev–Trinajstić information content (AvgIpc) is 2.73. The third-order valence-electron chi connectivity index (χ3n) is 4.12. The molecular formula is C24H25NO5S. The van der Waals surface area contributed by atoms with Crippen LogP contribution in [0.3, 0.4) is 0 Å². The summed E-state index contributed by atoms with van der Waals surface area (Å²) in [6.07, 6.45) is 0. The van der Waals surface area contributed by atoms with Crippen molar-refractivity contribution in [3.63, 3.8) is 0 Å². The topological polar surface area (TPSA) is 100 Å². The molecule has 0 aliphatic carbocycles. The van der Waals surface area contributed by atoms with Crippen LogP contribution in [-0.2, 0) is 17.7 Å². The standard InChI is InChI=1S/C14H10O5S.C10H16N/c15-13(16)9-5-1-3-7-11(9)20(19)12-8-4-2-6-10(12)14(17)18;1-11(2,3)9-10-7-5-4-6-8-10/h1-8H,(H,15,16)(H,17,18);4-8H,9H2,1-3H3/q;+1/p-1. The molecule has 3 aromatic carbocycles. The second kappa shape index (κ2) is 10.8. The first kappa shape index (κ1) is 24.1. The highest BCUT2D eigenvalue weighted by atomic mass is 32.2. The number of benzene rings is 3. The fourth-order valence-corrected chi connectivity index (χ4v) is 4.20. The van der Waals surface area contributed by atoms with Crippen LogP contribution in [0.4, 0.5) is 0 Å². The average molecular weight is 440 g/mol. The molecule has 1 unspecified atom stereocenters. The summed E-state index contributed by atoms with van der Waals surface area (Å²) < 4.78 is 13.4. The third kappa shape index (κ3) is 7.25. The zero-order chi connectivity index (χ0) is 23.0. The molecule has 0 aliphatic rings. The SMILES string of the molecule is C[N+](C)(C)Cc1ccccc1.O=C([O-])c1ccccc1[S+]([O-])c1ccccc1C(=O)O. The Morgan fingerprint density at radius 3 is 1.74 bits per heavy atom. The minimum absolute atomic E-state index is 0.0150. The van der Waals surface area contributed by atoms with Crippen LogP contribution >= 0.6 is 0 Å². The van der Waals surface area contributed by atoms with Gasteiger partial charge in [-0.1, -0.05) is 54.6 Å². The van der Waals surface area contributed by atoms with E-state index in [9.17, 15) is 19.2 Å². The van der Waals surface area contributed by atoms with E-state index < -0.39 is 23.1 Å². The van der Waals surface area contributed by atoms with Crippen molar-refractivity contribution < 1.29 is 28.8 Å². The zero-order valence-corrected chi connectivity index (χ0v) is 18.5. The molecule has 0 bridgehead atoms. The number of carbonyl (C=O) groups excluding carboxylic acids is 1. The molecule has 0 saturated carbocycles. The molecule has 1 N–H and O–H groups in total. The Kier molecular flexibility index (Phi) is 8.38. The van der Waals surface area contributed by atoms with Gasteiger partial charge in [0.25, 0.3) is 0 Å². The first-order valence-electron chi connectivity index (χ1n) is 9.49. The molecule has 0 radical (unpaired) electrons. The Hall–Kier alpha value is -3.13. The van der Waals surface area contributed by atoms with Gasteiger partial charge in [-0.15, -0.1) is 0 Å². The molecule has 0 heterocycles. The molecule has 0 aromatic heterocycles. The van der Waals surface area contributed by atoms with Gasteiger partial charge in [-0.2, -0.15) is 0 Å². The monoisotopic (exact) mass is 439 g/mol. The number of carboxylic acids is 2. The summed E-state index contributed by atoms with van der Waals surface area (Å²) in [6.45, 7) is 1.10. The van der Waals surface area contributed by atoms with Crippen molar-refractivity contribution in [3.8, 4) is 0 Å². The van der Waals surface area contributed by atoms with Crippen LogP contribution in [0.2, 0.25) is 0 Å². The van der Waals surface area contributed by atoms with E-state index in [0.29, 0.717) is 0 Å². The number of nitrogens with zero attached hydrogens (tertiary/aromatic N) is 1. The number of rotatable bonds is 6. The minimum Gasteiger partial charge on any atom is -0.606 e. The molecule has 6 nitrogen and oxygen atoms in total. The molecule has 3 rings (SSSR count). The Morgan fingerprint density at radius 2 is 1.26 bits per heavy atom. The summed E-state index contributed by atoms with van der Waals surface area (Å²) in [5, 5.41) is 20.1. The summed E-state index contributed by atoms with van der Waals surface area (Å²) in [5.74, 6) is -2.68. The first-order chi connectivity index (χ1) is 14.6. The Bertz CT molecular complexity index is 974. The summed E-state index contributed by atoms with van der Waals surface area (Å²) >= 11 is -1.91. The van der Waals surface area contributed by atoms with Gasteiger partial charge in [0.2, 0.25) is 0 Å². The summed E-state index contributed by atoms with van der Waals surface area (Å²) in [4.78, 5) is 22.2. The Balaban J connectivity index is 0.000000262. The first-order valence-corrected chi connectivity index (χ1v) is 10.6. The van der Waals surface area contributed by atoms with Crippen molar-refractivity contribution >= 4 is 23.1 Å². The predicted molar refractivity (Wildman–Crippen MR) is 117 cm³/mol. The molecule has 162 valence electrons. The highest BCUT2D eigenvalue weighted by Gasteiger charge is 2.25. The van der Waals surface area contributed by atoms with Gasteiger partial charge in [0.15, 0.2) is 9.79 Å². The maximum Gasteiger partial charge on any atom is 0.340 e. The van der Waals surface area contributed by atoms with E-state index in [1.165, 1.54) is 48.0 Å². The van der Waals surface area contributed by atoms with Crippen LogP contribution in [0, 0.1) is 0 Å². The lowest BCUT2D eigenvalue weighted by atomic mass is 10.2. The van der Waals surface area contributed by atoms with Gasteiger partial charge in [0.1, 0.15) is 12.1 Å². The minimum atomic E-state index is -1.91. The number of carboxylic acid groups (broad SMARTS) is 2. The molecule has 7 heteroatoms. The molecule has 0 aliphatic heterocycles. The smallest absolute Gasteiger partial charge is 0.340 e. The molecule has 0 saturated heterocycles. The lowest BCUT2D eigenvalue weighted by Crippen LogP contribution is -2.33. The van der Waals surface area contributed by atoms with Gasteiger partial charge in [-0.3, -0.25) is 0 Å². The maximum absolute atomic E-state index is 12.5. The van der Waals surface area contributed by atoms with E-state index in [4.69, 9.17) is 5.11 Å². The third-order valence-corrected chi connectivity index (χ3v) is 5.63. The fraction of sp³-hybridized carbons (Fsp3) is 0.167. The normalized spacial score (nSPS) is 11.7. The lowest BCUT2D eigenvalue weighted by molar-refractivity contribution is -0.884. The highest BCUT2D eigenvalue weighted by molar-refractivity contribution is 7.91. The predicted octanol–water partition coefficient (Wildman–Crippen LogP) is 2.81. The van der Waals surface area contributed by atoms with E-state index in [0.717, 1.165) is 11.0 Å². The summed E-state index contributed by atoms with van der Waals surface area (Å²) in [5.41, 5.74) is 1.06. The molecule has 3 aromatic rings. The van der Waals surface area contributed by atoms with Gasteiger partial charge in [-0.25, -0.2) is 4.79 Å². The summed E-state index contributed by atoms with van der Waals surface area (Å²) in [6, 6.07) is 22.0.